The Morgan fingerprint density at radius 2 is 2.50 bits per heavy atom. The van der Waals surface area contributed by atoms with E-state index in [4.69, 9.17) is 0 Å². The van der Waals surface area contributed by atoms with Crippen molar-refractivity contribution in [3.8, 4) is 0 Å². The molecule has 0 aromatic rings. The van der Waals surface area contributed by atoms with Crippen LogP contribution in [0.3, 0.4) is 0 Å². The number of aliphatic imine (C=N–C) groups is 2. The highest BCUT2D eigenvalue weighted by molar-refractivity contribution is 6.00. The number of carbonyl (C=O) groups is 1. The van der Waals surface area contributed by atoms with Gasteiger partial charge in [0, 0.05) is 6.21 Å². The van der Waals surface area contributed by atoms with Gasteiger partial charge in [0.15, 0.2) is 5.82 Å². The minimum atomic E-state index is -0.139. The SMILES string of the molecule is CC1=NC2=CN=CCN2C(=O)N1. The van der Waals surface area contributed by atoms with Crippen LogP contribution in [0.25, 0.3) is 0 Å². The van der Waals surface area contributed by atoms with Gasteiger partial charge in [0.05, 0.1) is 12.7 Å². The van der Waals surface area contributed by atoms with E-state index < -0.39 is 0 Å². The van der Waals surface area contributed by atoms with Crippen molar-refractivity contribution in [2.24, 2.45) is 9.98 Å². The number of rotatable bonds is 0. The molecule has 2 amide bonds. The Morgan fingerprint density at radius 1 is 1.67 bits per heavy atom. The van der Waals surface area contributed by atoms with Crippen molar-refractivity contribution in [3.63, 3.8) is 0 Å². The number of carbonyl (C=O) groups excluding carboxylic acids is 1. The summed E-state index contributed by atoms with van der Waals surface area (Å²) in [5.74, 6) is 1.22. The summed E-state index contributed by atoms with van der Waals surface area (Å²) < 4.78 is 0. The molecule has 0 saturated carbocycles. The summed E-state index contributed by atoms with van der Waals surface area (Å²) in [6.07, 6.45) is 3.24. The summed E-state index contributed by atoms with van der Waals surface area (Å²) in [5.41, 5.74) is 0. The van der Waals surface area contributed by atoms with Gasteiger partial charge in [-0.05, 0) is 6.92 Å². The molecular weight excluding hydrogens is 156 g/mol. The van der Waals surface area contributed by atoms with Gasteiger partial charge in [0.2, 0.25) is 0 Å². The topological polar surface area (TPSA) is 57.1 Å². The molecule has 5 nitrogen and oxygen atoms in total. The van der Waals surface area contributed by atoms with Crippen LogP contribution in [0.5, 0.6) is 0 Å². The zero-order valence-corrected chi connectivity index (χ0v) is 6.61. The zero-order chi connectivity index (χ0) is 8.55. The molecule has 12 heavy (non-hydrogen) atoms. The van der Waals surface area contributed by atoms with Crippen molar-refractivity contribution in [1.82, 2.24) is 10.2 Å². The summed E-state index contributed by atoms with van der Waals surface area (Å²) >= 11 is 0. The summed E-state index contributed by atoms with van der Waals surface area (Å²) in [5, 5.41) is 2.61. The van der Waals surface area contributed by atoms with Crippen LogP contribution in [0, 0.1) is 0 Å². The van der Waals surface area contributed by atoms with E-state index in [0.29, 0.717) is 18.2 Å². The molecule has 2 aliphatic heterocycles. The van der Waals surface area contributed by atoms with E-state index in [9.17, 15) is 4.79 Å². The lowest BCUT2D eigenvalue weighted by atomic mass is 10.4. The van der Waals surface area contributed by atoms with Crippen LogP contribution in [-0.4, -0.2) is 29.5 Å². The number of amides is 2. The second-order valence-corrected chi connectivity index (χ2v) is 2.56. The predicted molar refractivity (Wildman–Crippen MR) is 44.9 cm³/mol. The second kappa shape index (κ2) is 2.44. The molecule has 2 aliphatic rings. The average Bonchev–Trinajstić information content (AvgIpc) is 2.04. The number of hydrogen-bond donors (Lipinski definition) is 1. The summed E-state index contributed by atoms with van der Waals surface area (Å²) in [4.78, 5) is 20.8. The van der Waals surface area contributed by atoms with Gasteiger partial charge in [-0.2, -0.15) is 0 Å². The number of nitrogens with zero attached hydrogens (tertiary/aromatic N) is 3. The van der Waals surface area contributed by atoms with Crippen molar-refractivity contribution in [3.05, 3.63) is 12.0 Å². The van der Waals surface area contributed by atoms with Crippen LogP contribution in [0.1, 0.15) is 6.92 Å². The largest absolute Gasteiger partial charge is 0.328 e. The van der Waals surface area contributed by atoms with Gasteiger partial charge < -0.3 is 0 Å². The molecule has 0 radical (unpaired) electrons. The first-order valence-corrected chi connectivity index (χ1v) is 3.63. The van der Waals surface area contributed by atoms with Gasteiger partial charge in [0.1, 0.15) is 5.84 Å². The lowest BCUT2D eigenvalue weighted by Crippen LogP contribution is -2.46. The maximum absolute atomic E-state index is 11.3. The van der Waals surface area contributed by atoms with Gasteiger partial charge in [0.25, 0.3) is 0 Å². The number of amidine groups is 1. The number of fused-ring (bicyclic) bond motifs is 1. The molecule has 0 spiro atoms. The second-order valence-electron chi connectivity index (χ2n) is 2.56. The van der Waals surface area contributed by atoms with Crippen molar-refractivity contribution in [2.75, 3.05) is 6.54 Å². The molecule has 0 unspecified atom stereocenters. The molecule has 0 aromatic heterocycles. The predicted octanol–water partition coefficient (Wildman–Crippen LogP) is 0.313. The summed E-state index contributed by atoms with van der Waals surface area (Å²) in [6, 6.07) is -0.139. The third-order valence-electron chi connectivity index (χ3n) is 1.65. The minimum Gasteiger partial charge on any atom is -0.296 e. The van der Waals surface area contributed by atoms with E-state index in [-0.39, 0.29) is 6.03 Å². The summed E-state index contributed by atoms with van der Waals surface area (Å²) in [7, 11) is 0. The average molecular weight is 164 g/mol. The number of hydrogen-bond acceptors (Lipinski definition) is 3. The Kier molecular flexibility index (Phi) is 1.43. The van der Waals surface area contributed by atoms with Gasteiger partial charge in [-0.1, -0.05) is 0 Å². The zero-order valence-electron chi connectivity index (χ0n) is 6.61. The van der Waals surface area contributed by atoms with Crippen molar-refractivity contribution >= 4 is 18.1 Å². The fourth-order valence-corrected chi connectivity index (χ4v) is 1.11. The molecule has 0 aliphatic carbocycles. The van der Waals surface area contributed by atoms with E-state index in [0.717, 1.165) is 0 Å². The van der Waals surface area contributed by atoms with E-state index in [1.807, 2.05) is 0 Å². The third kappa shape index (κ3) is 0.990. The van der Waals surface area contributed by atoms with Crippen LogP contribution in [0.4, 0.5) is 4.79 Å². The third-order valence-corrected chi connectivity index (χ3v) is 1.65. The normalized spacial score (nSPS) is 21.1. The van der Waals surface area contributed by atoms with Gasteiger partial charge in [-0.3, -0.25) is 15.2 Å². The standard InChI is InChI=1S/C7H8N4O/c1-5-9-6-4-8-2-3-11(6)7(12)10-5/h2,4H,3H2,1H3,(H,9,10,12). The van der Waals surface area contributed by atoms with Crippen LogP contribution in [0.15, 0.2) is 22.0 Å². The van der Waals surface area contributed by atoms with E-state index in [1.54, 1.807) is 19.3 Å². The smallest absolute Gasteiger partial charge is 0.296 e. The fraction of sp³-hybridized carbons (Fsp3) is 0.286. The van der Waals surface area contributed by atoms with Crippen molar-refractivity contribution in [1.29, 1.82) is 0 Å². The quantitative estimate of drug-likeness (QED) is 0.550. The Balaban J connectivity index is 2.39. The molecule has 2 heterocycles. The highest BCUT2D eigenvalue weighted by atomic mass is 16.2. The van der Waals surface area contributed by atoms with Crippen LogP contribution >= 0.6 is 0 Å². The molecule has 62 valence electrons. The molecular formula is C7H8N4O. The Bertz CT molecular complexity index is 313. The van der Waals surface area contributed by atoms with Crippen molar-refractivity contribution in [2.45, 2.75) is 6.92 Å². The Hall–Kier alpha value is -1.65. The first kappa shape index (κ1) is 7.02. The molecule has 0 aromatic carbocycles. The molecule has 0 fully saturated rings. The van der Waals surface area contributed by atoms with E-state index >= 15 is 0 Å². The van der Waals surface area contributed by atoms with Gasteiger partial charge in [-0.25, -0.2) is 9.79 Å². The Morgan fingerprint density at radius 3 is 3.33 bits per heavy atom. The molecule has 5 heteroatoms. The number of urea groups is 1. The van der Waals surface area contributed by atoms with E-state index in [1.165, 1.54) is 4.90 Å². The van der Waals surface area contributed by atoms with Crippen LogP contribution in [0.2, 0.25) is 0 Å². The van der Waals surface area contributed by atoms with Crippen LogP contribution in [-0.2, 0) is 0 Å². The first-order chi connectivity index (χ1) is 5.77. The lowest BCUT2D eigenvalue weighted by molar-refractivity contribution is 0.218. The Labute approximate surface area is 69.5 Å². The monoisotopic (exact) mass is 164 g/mol. The summed E-state index contributed by atoms with van der Waals surface area (Å²) in [6.45, 7) is 2.24. The highest BCUT2D eigenvalue weighted by Crippen LogP contribution is 2.12. The molecule has 0 saturated heterocycles. The molecule has 0 bridgehead atoms. The first-order valence-electron chi connectivity index (χ1n) is 3.63. The highest BCUT2D eigenvalue weighted by Gasteiger charge is 2.23. The minimum absolute atomic E-state index is 0.139. The van der Waals surface area contributed by atoms with Gasteiger partial charge in [-0.15, -0.1) is 0 Å². The maximum atomic E-state index is 11.3. The molecule has 0 atom stereocenters. The maximum Gasteiger partial charge on any atom is 0.328 e. The van der Waals surface area contributed by atoms with Crippen molar-refractivity contribution < 1.29 is 4.79 Å². The molecule has 2 rings (SSSR count). The van der Waals surface area contributed by atoms with Gasteiger partial charge >= 0.3 is 6.03 Å². The number of nitrogens with one attached hydrogen (secondary N) is 1. The van der Waals surface area contributed by atoms with E-state index in [2.05, 4.69) is 15.3 Å². The fourth-order valence-electron chi connectivity index (χ4n) is 1.11. The lowest BCUT2D eigenvalue weighted by Gasteiger charge is -2.26. The molecule has 1 N–H and O–H groups in total. The van der Waals surface area contributed by atoms with Crippen LogP contribution < -0.4 is 5.32 Å².